The normalized spacial score (nSPS) is 22.5. The molecule has 0 bridgehead atoms. The smallest absolute Gasteiger partial charge is 0.231 e. The van der Waals surface area contributed by atoms with E-state index >= 15 is 0 Å². The van der Waals surface area contributed by atoms with E-state index in [1.54, 1.807) is 0 Å². The molecule has 1 aromatic carbocycles. The van der Waals surface area contributed by atoms with Crippen LogP contribution in [-0.2, 0) is 0 Å². The van der Waals surface area contributed by atoms with E-state index in [9.17, 15) is 0 Å². The minimum atomic E-state index is 0.327. The molecule has 3 rings (SSSR count). The number of anilines is 1. The molecule has 104 valence electrons. The molecule has 1 atom stereocenters. The molecule has 0 aromatic heterocycles. The first kappa shape index (κ1) is 12.6. The van der Waals surface area contributed by atoms with Crippen LogP contribution < -0.4 is 20.1 Å². The molecule has 0 spiro atoms. The lowest BCUT2D eigenvalue weighted by Gasteiger charge is -2.33. The van der Waals surface area contributed by atoms with Crippen molar-refractivity contribution in [2.45, 2.75) is 13.0 Å². The molecule has 1 saturated heterocycles. The van der Waals surface area contributed by atoms with E-state index in [0.717, 1.165) is 43.4 Å². The first-order valence-corrected chi connectivity index (χ1v) is 6.79. The van der Waals surface area contributed by atoms with Crippen LogP contribution in [0.25, 0.3) is 0 Å². The molecule has 2 heterocycles. The third-order valence-corrected chi connectivity index (χ3v) is 3.89. The van der Waals surface area contributed by atoms with Gasteiger partial charge in [0.05, 0.1) is 0 Å². The van der Waals surface area contributed by atoms with E-state index in [-0.39, 0.29) is 0 Å². The Morgan fingerprint density at radius 3 is 2.95 bits per heavy atom. The van der Waals surface area contributed by atoms with Crippen molar-refractivity contribution in [3.63, 3.8) is 0 Å². The maximum absolute atomic E-state index is 5.42. The number of nitrogens with one attached hydrogen (secondary N) is 2. The Kier molecular flexibility index (Phi) is 3.48. The van der Waals surface area contributed by atoms with Gasteiger partial charge in [-0.15, -0.1) is 0 Å². The van der Waals surface area contributed by atoms with Crippen molar-refractivity contribution >= 4 is 5.69 Å². The maximum Gasteiger partial charge on any atom is 0.231 e. The summed E-state index contributed by atoms with van der Waals surface area (Å²) in [4.78, 5) is 2.39. The Labute approximate surface area is 113 Å². The third kappa shape index (κ3) is 2.62. The summed E-state index contributed by atoms with van der Waals surface area (Å²) in [6.07, 6.45) is 0. The number of hydrogen-bond donors (Lipinski definition) is 2. The van der Waals surface area contributed by atoms with Gasteiger partial charge in [-0.2, -0.15) is 0 Å². The van der Waals surface area contributed by atoms with Crippen LogP contribution in [0.5, 0.6) is 11.5 Å². The average molecular weight is 263 g/mol. The van der Waals surface area contributed by atoms with Crippen LogP contribution in [0.1, 0.15) is 5.56 Å². The van der Waals surface area contributed by atoms with Gasteiger partial charge in [-0.3, -0.25) is 4.90 Å². The largest absolute Gasteiger partial charge is 0.454 e. The Bertz CT molecular complexity index is 464. The number of hydrogen-bond acceptors (Lipinski definition) is 5. The number of likely N-dealkylation sites (N-methyl/N-ethyl adjacent to an activating group) is 1. The quantitative estimate of drug-likeness (QED) is 0.853. The maximum atomic E-state index is 5.42. The lowest BCUT2D eigenvalue weighted by Crippen LogP contribution is -2.52. The second-order valence-electron chi connectivity index (χ2n) is 5.24. The van der Waals surface area contributed by atoms with Crippen LogP contribution in [0, 0.1) is 6.92 Å². The molecule has 2 aliphatic heterocycles. The molecule has 0 amide bonds. The van der Waals surface area contributed by atoms with Gasteiger partial charge in [0.2, 0.25) is 6.79 Å². The number of rotatable bonds is 3. The lowest BCUT2D eigenvalue weighted by molar-refractivity contribution is 0.174. The van der Waals surface area contributed by atoms with Crippen LogP contribution >= 0.6 is 0 Å². The van der Waals surface area contributed by atoms with E-state index in [1.807, 2.05) is 12.1 Å². The van der Waals surface area contributed by atoms with E-state index in [1.165, 1.54) is 5.56 Å². The van der Waals surface area contributed by atoms with Gasteiger partial charge in [-0.1, -0.05) is 0 Å². The van der Waals surface area contributed by atoms with Crippen molar-refractivity contribution in [3.8, 4) is 11.5 Å². The Balaban J connectivity index is 1.66. The van der Waals surface area contributed by atoms with Crippen LogP contribution in [0.2, 0.25) is 0 Å². The Morgan fingerprint density at radius 1 is 1.37 bits per heavy atom. The molecule has 2 aliphatic rings. The van der Waals surface area contributed by atoms with Crippen LogP contribution in [0.4, 0.5) is 5.69 Å². The summed E-state index contributed by atoms with van der Waals surface area (Å²) >= 11 is 0. The highest BCUT2D eigenvalue weighted by atomic mass is 16.7. The molecule has 5 heteroatoms. The SMILES string of the molecule is Cc1cc2c(cc1NCC1CNCCN1C)OCO2. The van der Waals surface area contributed by atoms with E-state index in [4.69, 9.17) is 9.47 Å². The summed E-state index contributed by atoms with van der Waals surface area (Å²) < 4.78 is 10.8. The predicted molar refractivity (Wildman–Crippen MR) is 75.1 cm³/mol. The van der Waals surface area contributed by atoms with Crippen LogP contribution in [0.3, 0.4) is 0 Å². The Hall–Kier alpha value is -1.46. The second kappa shape index (κ2) is 5.27. The number of benzene rings is 1. The summed E-state index contributed by atoms with van der Waals surface area (Å²) in [5.74, 6) is 1.68. The van der Waals surface area contributed by atoms with Crippen LogP contribution in [-0.4, -0.2) is 51.0 Å². The molecule has 19 heavy (non-hydrogen) atoms. The number of piperazine rings is 1. The second-order valence-corrected chi connectivity index (χ2v) is 5.24. The van der Waals surface area contributed by atoms with E-state index in [2.05, 4.69) is 29.5 Å². The van der Waals surface area contributed by atoms with Crippen molar-refractivity contribution in [1.29, 1.82) is 0 Å². The fourth-order valence-corrected chi connectivity index (χ4v) is 2.55. The molecular weight excluding hydrogens is 242 g/mol. The minimum Gasteiger partial charge on any atom is -0.454 e. The van der Waals surface area contributed by atoms with Gasteiger partial charge in [-0.25, -0.2) is 0 Å². The molecule has 5 nitrogen and oxygen atoms in total. The Morgan fingerprint density at radius 2 is 2.16 bits per heavy atom. The monoisotopic (exact) mass is 263 g/mol. The van der Waals surface area contributed by atoms with Gasteiger partial charge in [0.1, 0.15) is 0 Å². The lowest BCUT2D eigenvalue weighted by atomic mass is 10.1. The highest BCUT2D eigenvalue weighted by Gasteiger charge is 2.19. The van der Waals surface area contributed by atoms with Crippen molar-refractivity contribution in [2.75, 3.05) is 45.3 Å². The molecular formula is C14H21N3O2. The van der Waals surface area contributed by atoms with Crippen molar-refractivity contribution < 1.29 is 9.47 Å². The fourth-order valence-electron chi connectivity index (χ4n) is 2.55. The fraction of sp³-hybridized carbons (Fsp3) is 0.571. The molecule has 1 fully saturated rings. The zero-order valence-corrected chi connectivity index (χ0v) is 11.5. The number of fused-ring (bicyclic) bond motifs is 1. The van der Waals surface area contributed by atoms with Gasteiger partial charge in [0.15, 0.2) is 11.5 Å². The highest BCUT2D eigenvalue weighted by molar-refractivity contribution is 5.60. The predicted octanol–water partition coefficient (Wildman–Crippen LogP) is 1.04. The molecule has 0 aliphatic carbocycles. The third-order valence-electron chi connectivity index (χ3n) is 3.89. The highest BCUT2D eigenvalue weighted by Crippen LogP contribution is 2.36. The molecule has 0 radical (unpaired) electrons. The van der Waals surface area contributed by atoms with Crippen LogP contribution in [0.15, 0.2) is 12.1 Å². The first-order chi connectivity index (χ1) is 9.24. The zero-order valence-electron chi connectivity index (χ0n) is 11.5. The topological polar surface area (TPSA) is 45.8 Å². The minimum absolute atomic E-state index is 0.327. The molecule has 1 unspecified atom stereocenters. The van der Waals surface area contributed by atoms with Gasteiger partial charge in [-0.05, 0) is 25.6 Å². The summed E-state index contributed by atoms with van der Waals surface area (Å²) in [6.45, 7) is 6.57. The molecule has 1 aromatic rings. The van der Waals surface area contributed by atoms with Crippen molar-refractivity contribution in [1.82, 2.24) is 10.2 Å². The van der Waals surface area contributed by atoms with Crippen molar-refractivity contribution in [2.24, 2.45) is 0 Å². The molecule has 2 N–H and O–H groups in total. The van der Waals surface area contributed by atoms with E-state index < -0.39 is 0 Å². The summed E-state index contributed by atoms with van der Waals surface area (Å²) in [6, 6.07) is 4.60. The number of nitrogens with zero attached hydrogens (tertiary/aromatic N) is 1. The zero-order chi connectivity index (χ0) is 13.2. The van der Waals surface area contributed by atoms with E-state index in [0.29, 0.717) is 12.8 Å². The number of aryl methyl sites for hydroxylation is 1. The van der Waals surface area contributed by atoms with Crippen molar-refractivity contribution in [3.05, 3.63) is 17.7 Å². The number of ether oxygens (including phenoxy) is 2. The standard InChI is InChI=1S/C14H21N3O2/c1-10-5-13-14(19-9-18-13)6-12(10)16-8-11-7-15-3-4-17(11)2/h5-6,11,15-16H,3-4,7-9H2,1-2H3. The first-order valence-electron chi connectivity index (χ1n) is 6.79. The molecule has 0 saturated carbocycles. The summed E-state index contributed by atoms with van der Waals surface area (Å²) in [5, 5.41) is 6.96. The summed E-state index contributed by atoms with van der Waals surface area (Å²) in [7, 11) is 2.18. The van der Waals surface area contributed by atoms with Gasteiger partial charge < -0.3 is 20.1 Å². The van der Waals surface area contributed by atoms with Gasteiger partial charge >= 0.3 is 0 Å². The van der Waals surface area contributed by atoms with Gasteiger partial charge in [0.25, 0.3) is 0 Å². The average Bonchev–Trinajstić information content (AvgIpc) is 2.84. The van der Waals surface area contributed by atoms with Gasteiger partial charge in [0, 0.05) is 44.0 Å². The summed E-state index contributed by atoms with van der Waals surface area (Å²) in [5.41, 5.74) is 2.32.